The number of benzene rings is 2. The van der Waals surface area contributed by atoms with Crippen molar-refractivity contribution in [2.45, 2.75) is 4.90 Å². The van der Waals surface area contributed by atoms with Gasteiger partial charge in [-0.1, -0.05) is 0 Å². The lowest BCUT2D eigenvalue weighted by atomic mass is 10.2. The van der Waals surface area contributed by atoms with Gasteiger partial charge >= 0.3 is 0 Å². The van der Waals surface area contributed by atoms with Gasteiger partial charge in [0.05, 0.1) is 17.1 Å². The molecule has 0 saturated carbocycles. The number of nitrogens with zero attached hydrogens (tertiary/aromatic N) is 2. The zero-order valence-electron chi connectivity index (χ0n) is 11.2. The number of hydrogen-bond acceptors (Lipinski definition) is 6. The molecule has 0 unspecified atom stereocenters. The molecule has 7 heteroatoms. The van der Waals surface area contributed by atoms with Crippen LogP contribution in [0.3, 0.4) is 0 Å². The zero-order valence-corrected chi connectivity index (χ0v) is 12.0. The van der Waals surface area contributed by atoms with E-state index in [1.165, 1.54) is 11.8 Å². The Labute approximate surface area is 126 Å². The summed E-state index contributed by atoms with van der Waals surface area (Å²) in [5.41, 5.74) is 18.8. The highest BCUT2D eigenvalue weighted by Gasteiger charge is 2.00. The lowest BCUT2D eigenvalue weighted by Gasteiger charge is -2.01. The second-order valence-corrected chi connectivity index (χ2v) is 5.32. The monoisotopic (exact) mass is 301 g/mol. The van der Waals surface area contributed by atoms with Crippen LogP contribution < -0.4 is 17.2 Å². The highest BCUT2D eigenvalue weighted by molar-refractivity contribution is 8.00. The number of nitrogens with two attached hydrogens (primary N) is 3. The third-order valence-electron chi connectivity index (χ3n) is 2.54. The van der Waals surface area contributed by atoms with E-state index >= 15 is 0 Å². The molecule has 0 atom stereocenters. The number of anilines is 2. The van der Waals surface area contributed by atoms with Gasteiger partial charge in [-0.3, -0.25) is 4.79 Å². The molecule has 6 nitrogen and oxygen atoms in total. The van der Waals surface area contributed by atoms with Crippen molar-refractivity contribution >= 4 is 40.4 Å². The summed E-state index contributed by atoms with van der Waals surface area (Å²) >= 11 is 1.38. The summed E-state index contributed by atoms with van der Waals surface area (Å²) in [6.07, 6.45) is 0. The highest BCUT2D eigenvalue weighted by Crippen LogP contribution is 2.27. The van der Waals surface area contributed by atoms with Crippen LogP contribution in [0.2, 0.25) is 0 Å². The Morgan fingerprint density at radius 3 is 2.38 bits per heavy atom. The normalized spacial score (nSPS) is 10.9. The Morgan fingerprint density at radius 2 is 1.76 bits per heavy atom. The summed E-state index contributed by atoms with van der Waals surface area (Å²) in [6, 6.07) is 12.4. The number of nitrogen functional groups attached to an aromatic ring is 2. The molecule has 1 amide bonds. The van der Waals surface area contributed by atoms with Crippen LogP contribution in [-0.2, 0) is 4.79 Å². The first-order valence-electron chi connectivity index (χ1n) is 6.12. The topological polar surface area (TPSA) is 120 Å². The molecule has 0 aromatic heterocycles. The number of amides is 1. The Hall–Kier alpha value is -2.54. The first kappa shape index (κ1) is 14.9. The van der Waals surface area contributed by atoms with E-state index in [0.717, 1.165) is 4.90 Å². The molecule has 0 bridgehead atoms. The molecule has 21 heavy (non-hydrogen) atoms. The van der Waals surface area contributed by atoms with Gasteiger partial charge in [0.25, 0.3) is 0 Å². The average Bonchev–Trinajstić information content (AvgIpc) is 2.45. The van der Waals surface area contributed by atoms with Crippen LogP contribution in [0, 0.1) is 0 Å². The number of primary amides is 1. The number of thioether (sulfide) groups is 1. The zero-order chi connectivity index (χ0) is 15.2. The van der Waals surface area contributed by atoms with E-state index in [-0.39, 0.29) is 11.7 Å². The molecule has 0 aliphatic carbocycles. The van der Waals surface area contributed by atoms with Crippen molar-refractivity contribution in [3.63, 3.8) is 0 Å². The average molecular weight is 301 g/mol. The van der Waals surface area contributed by atoms with Crippen LogP contribution in [-0.4, -0.2) is 11.7 Å². The minimum atomic E-state index is -0.345. The molecule has 0 heterocycles. The predicted molar refractivity (Wildman–Crippen MR) is 85.8 cm³/mol. The van der Waals surface area contributed by atoms with Gasteiger partial charge in [-0.2, -0.15) is 5.11 Å². The Morgan fingerprint density at radius 1 is 1.05 bits per heavy atom. The van der Waals surface area contributed by atoms with Gasteiger partial charge in [0.1, 0.15) is 5.69 Å². The molecule has 0 fully saturated rings. The molecule has 2 aromatic carbocycles. The van der Waals surface area contributed by atoms with Crippen molar-refractivity contribution in [3.05, 3.63) is 42.5 Å². The molecule has 2 rings (SSSR count). The minimum Gasteiger partial charge on any atom is -0.399 e. The van der Waals surface area contributed by atoms with Crippen LogP contribution in [0.4, 0.5) is 22.7 Å². The second-order valence-electron chi connectivity index (χ2n) is 4.27. The molecular weight excluding hydrogens is 286 g/mol. The van der Waals surface area contributed by atoms with Gasteiger partial charge in [0.2, 0.25) is 5.91 Å². The van der Waals surface area contributed by atoms with Crippen molar-refractivity contribution in [1.82, 2.24) is 0 Å². The fraction of sp³-hybridized carbons (Fsp3) is 0.0714. The molecule has 6 N–H and O–H groups in total. The molecule has 0 spiro atoms. The summed E-state index contributed by atoms with van der Waals surface area (Å²) in [5.74, 6) is -0.0920. The molecule has 0 saturated heterocycles. The maximum absolute atomic E-state index is 10.7. The maximum Gasteiger partial charge on any atom is 0.227 e. The summed E-state index contributed by atoms with van der Waals surface area (Å²) in [5, 5.41) is 8.19. The van der Waals surface area contributed by atoms with Crippen molar-refractivity contribution in [2.75, 3.05) is 17.2 Å². The minimum absolute atomic E-state index is 0.253. The number of rotatable bonds is 5. The van der Waals surface area contributed by atoms with Crippen LogP contribution >= 0.6 is 11.8 Å². The van der Waals surface area contributed by atoms with Crippen molar-refractivity contribution in [1.29, 1.82) is 0 Å². The summed E-state index contributed by atoms with van der Waals surface area (Å²) in [6.45, 7) is 0. The van der Waals surface area contributed by atoms with Gasteiger partial charge in [-0.15, -0.1) is 16.9 Å². The van der Waals surface area contributed by atoms with Crippen molar-refractivity contribution in [2.24, 2.45) is 16.0 Å². The summed E-state index contributed by atoms with van der Waals surface area (Å²) < 4.78 is 0. The molecule has 2 aromatic rings. The fourth-order valence-corrected chi connectivity index (χ4v) is 2.18. The molecule has 108 valence electrons. The van der Waals surface area contributed by atoms with E-state index in [2.05, 4.69) is 10.2 Å². The number of carbonyl (C=O) groups is 1. The first-order valence-corrected chi connectivity index (χ1v) is 7.11. The van der Waals surface area contributed by atoms with Gasteiger partial charge < -0.3 is 17.2 Å². The van der Waals surface area contributed by atoms with Crippen molar-refractivity contribution in [3.8, 4) is 0 Å². The lowest BCUT2D eigenvalue weighted by molar-refractivity contribution is -0.115. The highest BCUT2D eigenvalue weighted by atomic mass is 32.2. The Balaban J connectivity index is 2.05. The largest absolute Gasteiger partial charge is 0.399 e. The Kier molecular flexibility index (Phi) is 4.78. The second kappa shape index (κ2) is 6.76. The molecule has 0 aliphatic rings. The van der Waals surface area contributed by atoms with Crippen LogP contribution in [0.15, 0.2) is 57.6 Å². The first-order chi connectivity index (χ1) is 10.0. The van der Waals surface area contributed by atoms with Gasteiger partial charge in [-0.05, 0) is 42.5 Å². The molecular formula is C14H15N5OS. The lowest BCUT2D eigenvalue weighted by Crippen LogP contribution is -2.12. The van der Waals surface area contributed by atoms with Gasteiger partial charge in [0, 0.05) is 10.6 Å². The van der Waals surface area contributed by atoms with Crippen LogP contribution in [0.1, 0.15) is 0 Å². The molecule has 0 aliphatic heterocycles. The van der Waals surface area contributed by atoms with E-state index < -0.39 is 0 Å². The van der Waals surface area contributed by atoms with E-state index in [4.69, 9.17) is 17.2 Å². The summed E-state index contributed by atoms with van der Waals surface area (Å²) in [4.78, 5) is 11.6. The summed E-state index contributed by atoms with van der Waals surface area (Å²) in [7, 11) is 0. The smallest absolute Gasteiger partial charge is 0.227 e. The van der Waals surface area contributed by atoms with E-state index in [9.17, 15) is 4.79 Å². The third-order valence-corrected chi connectivity index (χ3v) is 3.58. The Bertz CT molecular complexity index is 670. The SMILES string of the molecule is NC(=O)CSc1ccc(N=Nc2ccc(N)cc2N)cc1. The predicted octanol–water partition coefficient (Wildman–Crippen LogP) is 2.84. The number of azo groups is 1. The maximum atomic E-state index is 10.7. The van der Waals surface area contributed by atoms with Crippen LogP contribution in [0.25, 0.3) is 0 Å². The quantitative estimate of drug-likeness (QED) is 0.446. The van der Waals surface area contributed by atoms with Gasteiger partial charge in [-0.25, -0.2) is 0 Å². The fourth-order valence-electron chi connectivity index (χ4n) is 1.54. The third kappa shape index (κ3) is 4.50. The van der Waals surface area contributed by atoms with E-state index in [1.807, 2.05) is 12.1 Å². The van der Waals surface area contributed by atoms with E-state index in [0.29, 0.717) is 22.7 Å². The van der Waals surface area contributed by atoms with Crippen molar-refractivity contribution < 1.29 is 4.79 Å². The number of hydrogen-bond donors (Lipinski definition) is 3. The standard InChI is InChI=1S/C14H15N5OS/c15-9-1-6-13(12(16)7-9)19-18-10-2-4-11(5-3-10)21-8-14(17)20/h1-7H,8,15-16H2,(H2,17,20). The van der Waals surface area contributed by atoms with Crippen LogP contribution in [0.5, 0.6) is 0 Å². The van der Waals surface area contributed by atoms with Gasteiger partial charge in [0.15, 0.2) is 0 Å². The molecule has 0 radical (unpaired) electrons. The number of carbonyl (C=O) groups excluding carboxylic acids is 1. The van der Waals surface area contributed by atoms with E-state index in [1.54, 1.807) is 30.3 Å².